The van der Waals surface area contributed by atoms with E-state index in [9.17, 15) is 13.0 Å². The van der Waals surface area contributed by atoms with E-state index in [0.29, 0.717) is 12.2 Å². The molecule has 0 rings (SSSR count). The molecule has 0 amide bonds. The van der Waals surface area contributed by atoms with Crippen molar-refractivity contribution in [3.8, 4) is 0 Å². The zero-order chi connectivity index (χ0) is 8.20. The van der Waals surface area contributed by atoms with E-state index in [-0.39, 0.29) is 6.42 Å². The molecule has 0 heterocycles. The second-order valence-corrected chi connectivity index (χ2v) is 4.01. The van der Waals surface area contributed by atoms with E-state index >= 15 is 0 Å². The van der Waals surface area contributed by atoms with Crippen LogP contribution in [0.15, 0.2) is 0 Å². The Morgan fingerprint density at radius 2 is 2.00 bits per heavy atom. The second kappa shape index (κ2) is 4.01. The van der Waals surface area contributed by atoms with Crippen LogP contribution in [-0.2, 0) is 10.8 Å². The monoisotopic (exact) mass is 170 g/mol. The predicted molar refractivity (Wildman–Crippen MR) is 38.8 cm³/mol. The summed E-state index contributed by atoms with van der Waals surface area (Å²) >= 11 is 0. The summed E-state index contributed by atoms with van der Waals surface area (Å²) in [6, 6.07) is 0. The quantitative estimate of drug-likeness (QED) is 0.628. The molecule has 0 saturated heterocycles. The SMILES string of the molecule is CS(=O)CCCC(C)(F)F. The fourth-order valence-electron chi connectivity index (χ4n) is 0.586. The summed E-state index contributed by atoms with van der Waals surface area (Å²) in [5, 5.41) is 0. The number of halogens is 2. The first-order chi connectivity index (χ1) is 4.42. The molecule has 0 saturated carbocycles. The van der Waals surface area contributed by atoms with Crippen LogP contribution in [0.1, 0.15) is 19.8 Å². The summed E-state index contributed by atoms with van der Waals surface area (Å²) in [5.74, 6) is -2.22. The minimum Gasteiger partial charge on any atom is -0.260 e. The largest absolute Gasteiger partial charge is 0.260 e. The summed E-state index contributed by atoms with van der Waals surface area (Å²) < 4.78 is 34.5. The Hall–Kier alpha value is 0.01000. The maximum atomic E-state index is 12.1. The molecule has 0 fully saturated rings. The van der Waals surface area contributed by atoms with Gasteiger partial charge in [0.2, 0.25) is 5.92 Å². The van der Waals surface area contributed by atoms with Crippen molar-refractivity contribution in [1.82, 2.24) is 0 Å². The van der Waals surface area contributed by atoms with Gasteiger partial charge in [0.05, 0.1) is 0 Å². The van der Waals surface area contributed by atoms with Crippen LogP contribution in [0.25, 0.3) is 0 Å². The molecule has 0 aliphatic heterocycles. The Bertz CT molecular complexity index is 119. The highest BCUT2D eigenvalue weighted by Gasteiger charge is 2.19. The molecule has 1 atom stereocenters. The number of rotatable bonds is 4. The van der Waals surface area contributed by atoms with E-state index < -0.39 is 16.7 Å². The van der Waals surface area contributed by atoms with Crippen LogP contribution in [0.3, 0.4) is 0 Å². The third kappa shape index (κ3) is 8.01. The molecular formula is C6H12F2OS. The van der Waals surface area contributed by atoms with Crippen LogP contribution in [0, 0.1) is 0 Å². The first-order valence-corrected chi connectivity index (χ1v) is 4.82. The van der Waals surface area contributed by atoms with Crippen molar-refractivity contribution in [2.24, 2.45) is 0 Å². The molecule has 0 aliphatic carbocycles. The summed E-state index contributed by atoms with van der Waals surface area (Å²) in [6.07, 6.45) is 1.70. The van der Waals surface area contributed by atoms with E-state index in [2.05, 4.69) is 0 Å². The van der Waals surface area contributed by atoms with Gasteiger partial charge in [-0.1, -0.05) is 0 Å². The second-order valence-electron chi connectivity index (χ2n) is 2.45. The third-order valence-electron chi connectivity index (χ3n) is 1.05. The molecule has 0 bridgehead atoms. The highest BCUT2D eigenvalue weighted by Crippen LogP contribution is 2.18. The van der Waals surface area contributed by atoms with Gasteiger partial charge < -0.3 is 0 Å². The molecule has 4 heteroatoms. The predicted octanol–water partition coefficient (Wildman–Crippen LogP) is 1.80. The normalized spacial score (nSPS) is 15.2. The Balaban J connectivity index is 3.29. The molecule has 0 aromatic rings. The fourth-order valence-corrected chi connectivity index (χ4v) is 1.14. The standard InChI is InChI=1S/C6H12F2OS/c1-6(7,8)4-3-5-10(2)9/h3-5H2,1-2H3. The first-order valence-electron chi connectivity index (χ1n) is 3.10. The molecule has 10 heavy (non-hydrogen) atoms. The molecule has 0 aromatic carbocycles. The van der Waals surface area contributed by atoms with Gasteiger partial charge in [0.25, 0.3) is 0 Å². The number of hydrogen-bond acceptors (Lipinski definition) is 1. The van der Waals surface area contributed by atoms with Crippen LogP contribution < -0.4 is 0 Å². The first kappa shape index (κ1) is 10.0. The van der Waals surface area contributed by atoms with Gasteiger partial charge in [-0.3, -0.25) is 4.21 Å². The van der Waals surface area contributed by atoms with Gasteiger partial charge in [0.15, 0.2) is 0 Å². The maximum Gasteiger partial charge on any atom is 0.245 e. The lowest BCUT2D eigenvalue weighted by Gasteiger charge is -2.07. The van der Waals surface area contributed by atoms with E-state index in [4.69, 9.17) is 0 Å². The molecule has 1 unspecified atom stereocenters. The zero-order valence-corrected chi connectivity index (χ0v) is 7.01. The number of alkyl halides is 2. The highest BCUT2D eigenvalue weighted by molar-refractivity contribution is 7.84. The van der Waals surface area contributed by atoms with Gasteiger partial charge in [-0.25, -0.2) is 8.78 Å². The van der Waals surface area contributed by atoms with Crippen molar-refractivity contribution in [3.63, 3.8) is 0 Å². The Labute approximate surface area is 62.3 Å². The van der Waals surface area contributed by atoms with E-state index in [0.717, 1.165) is 6.92 Å². The molecule has 0 N–H and O–H groups in total. The highest BCUT2D eigenvalue weighted by atomic mass is 32.2. The summed E-state index contributed by atoms with van der Waals surface area (Å²) in [7, 11) is -0.934. The minimum atomic E-state index is -2.60. The van der Waals surface area contributed by atoms with Crippen LogP contribution in [0.4, 0.5) is 8.78 Å². The van der Waals surface area contributed by atoms with Gasteiger partial charge >= 0.3 is 0 Å². The molecule has 0 spiro atoms. The van der Waals surface area contributed by atoms with Crippen LogP contribution in [0.5, 0.6) is 0 Å². The summed E-state index contributed by atoms with van der Waals surface area (Å²) in [4.78, 5) is 0. The lowest BCUT2D eigenvalue weighted by Crippen LogP contribution is -2.10. The minimum absolute atomic E-state index is 0.160. The summed E-state index contributed by atoms with van der Waals surface area (Å²) in [6.45, 7) is 0.881. The van der Waals surface area contributed by atoms with Crippen LogP contribution in [-0.4, -0.2) is 22.1 Å². The third-order valence-corrected chi connectivity index (χ3v) is 1.91. The van der Waals surface area contributed by atoms with E-state index in [1.165, 1.54) is 6.26 Å². The van der Waals surface area contributed by atoms with Gasteiger partial charge in [-0.05, 0) is 13.3 Å². The lowest BCUT2D eigenvalue weighted by atomic mass is 10.2. The lowest BCUT2D eigenvalue weighted by molar-refractivity contribution is 0.0125. The van der Waals surface area contributed by atoms with E-state index in [1.54, 1.807) is 0 Å². The van der Waals surface area contributed by atoms with Crippen molar-refractivity contribution in [2.45, 2.75) is 25.7 Å². The van der Waals surface area contributed by atoms with Crippen molar-refractivity contribution in [3.05, 3.63) is 0 Å². The molecule has 62 valence electrons. The molecule has 0 radical (unpaired) electrons. The smallest absolute Gasteiger partial charge is 0.245 e. The summed E-state index contributed by atoms with van der Waals surface area (Å²) in [5.41, 5.74) is 0. The number of hydrogen-bond donors (Lipinski definition) is 0. The van der Waals surface area contributed by atoms with E-state index in [1.807, 2.05) is 0 Å². The Morgan fingerprint density at radius 3 is 2.30 bits per heavy atom. The van der Waals surface area contributed by atoms with Gasteiger partial charge in [0, 0.05) is 29.2 Å². The van der Waals surface area contributed by atoms with Crippen molar-refractivity contribution in [1.29, 1.82) is 0 Å². The molecule has 0 aromatic heterocycles. The fraction of sp³-hybridized carbons (Fsp3) is 1.00. The van der Waals surface area contributed by atoms with Crippen molar-refractivity contribution < 1.29 is 13.0 Å². The Kier molecular flexibility index (Phi) is 4.01. The molecule has 0 aliphatic rings. The van der Waals surface area contributed by atoms with Crippen molar-refractivity contribution in [2.75, 3.05) is 12.0 Å². The average Bonchev–Trinajstić information content (AvgIpc) is 1.59. The van der Waals surface area contributed by atoms with Gasteiger partial charge in [0.1, 0.15) is 0 Å². The van der Waals surface area contributed by atoms with Crippen molar-refractivity contribution >= 4 is 10.8 Å². The molecular weight excluding hydrogens is 158 g/mol. The Morgan fingerprint density at radius 1 is 1.50 bits per heavy atom. The maximum absolute atomic E-state index is 12.1. The van der Waals surface area contributed by atoms with Crippen LogP contribution in [0.2, 0.25) is 0 Å². The van der Waals surface area contributed by atoms with Gasteiger partial charge in [-0.15, -0.1) is 0 Å². The molecule has 1 nitrogen and oxygen atoms in total. The van der Waals surface area contributed by atoms with Crippen LogP contribution >= 0.6 is 0 Å². The zero-order valence-electron chi connectivity index (χ0n) is 6.19. The topological polar surface area (TPSA) is 17.1 Å². The average molecular weight is 170 g/mol. The van der Waals surface area contributed by atoms with Gasteiger partial charge in [-0.2, -0.15) is 0 Å².